The highest BCUT2D eigenvalue weighted by Gasteiger charge is 2.51. The van der Waals surface area contributed by atoms with Gasteiger partial charge in [-0.15, -0.1) is 0 Å². The molecule has 1 fully saturated rings. The summed E-state index contributed by atoms with van der Waals surface area (Å²) in [6, 6.07) is 15.0. The Morgan fingerprint density at radius 1 is 1.14 bits per heavy atom. The monoisotopic (exact) mass is 301 g/mol. The standard InChI is InChI=1S/C17H16ClNO2/c1-21-13-8-6-12(7-9-13)17(10-11-17)16(20)19-15-5-3-2-4-14(15)18/h2-9H,10-11H2,1H3,(H,19,20). The van der Waals surface area contributed by atoms with Crippen molar-refractivity contribution in [2.75, 3.05) is 12.4 Å². The molecule has 2 aromatic carbocycles. The van der Waals surface area contributed by atoms with Crippen LogP contribution in [-0.4, -0.2) is 13.0 Å². The van der Waals surface area contributed by atoms with E-state index in [0.29, 0.717) is 10.7 Å². The number of para-hydroxylation sites is 1. The molecule has 0 atom stereocenters. The molecule has 0 spiro atoms. The van der Waals surface area contributed by atoms with Crippen LogP contribution in [0.4, 0.5) is 5.69 Å². The van der Waals surface area contributed by atoms with Crippen LogP contribution in [0.5, 0.6) is 5.75 Å². The first kappa shape index (κ1) is 14.0. The summed E-state index contributed by atoms with van der Waals surface area (Å²) < 4.78 is 5.16. The highest BCUT2D eigenvalue weighted by molar-refractivity contribution is 6.33. The second kappa shape index (κ2) is 5.41. The lowest BCUT2D eigenvalue weighted by molar-refractivity contribution is -0.118. The van der Waals surface area contributed by atoms with E-state index in [1.807, 2.05) is 42.5 Å². The zero-order valence-corrected chi connectivity index (χ0v) is 12.5. The average molecular weight is 302 g/mol. The summed E-state index contributed by atoms with van der Waals surface area (Å²) in [4.78, 5) is 12.6. The van der Waals surface area contributed by atoms with Gasteiger partial charge >= 0.3 is 0 Å². The summed E-state index contributed by atoms with van der Waals surface area (Å²) in [5.41, 5.74) is 1.25. The number of anilines is 1. The van der Waals surface area contributed by atoms with E-state index in [9.17, 15) is 4.79 Å². The van der Waals surface area contributed by atoms with Crippen molar-refractivity contribution in [3.63, 3.8) is 0 Å². The van der Waals surface area contributed by atoms with Gasteiger partial charge in [0.05, 0.1) is 23.2 Å². The van der Waals surface area contributed by atoms with Crippen LogP contribution in [0.1, 0.15) is 18.4 Å². The van der Waals surface area contributed by atoms with Gasteiger partial charge in [-0.3, -0.25) is 4.79 Å². The minimum atomic E-state index is -0.425. The van der Waals surface area contributed by atoms with Gasteiger partial charge in [0.2, 0.25) is 5.91 Å². The molecule has 1 saturated carbocycles. The molecule has 0 bridgehead atoms. The topological polar surface area (TPSA) is 38.3 Å². The quantitative estimate of drug-likeness (QED) is 0.926. The van der Waals surface area contributed by atoms with Crippen molar-refractivity contribution in [1.82, 2.24) is 0 Å². The second-order valence-corrected chi connectivity index (χ2v) is 5.65. The van der Waals surface area contributed by atoms with Crippen LogP contribution in [0, 0.1) is 0 Å². The van der Waals surface area contributed by atoms with Gasteiger partial charge in [0.15, 0.2) is 0 Å². The third-order valence-electron chi connectivity index (χ3n) is 3.95. The summed E-state index contributed by atoms with van der Waals surface area (Å²) in [5.74, 6) is 0.793. The van der Waals surface area contributed by atoms with Crippen LogP contribution in [-0.2, 0) is 10.2 Å². The van der Waals surface area contributed by atoms with Gasteiger partial charge in [0.25, 0.3) is 0 Å². The van der Waals surface area contributed by atoms with Crippen LogP contribution < -0.4 is 10.1 Å². The van der Waals surface area contributed by atoms with Crippen molar-refractivity contribution in [3.8, 4) is 5.75 Å². The number of halogens is 1. The Morgan fingerprint density at radius 2 is 1.81 bits per heavy atom. The molecule has 3 rings (SSSR count). The summed E-state index contributed by atoms with van der Waals surface area (Å²) in [6.07, 6.45) is 1.71. The Labute approximate surface area is 128 Å². The molecule has 4 heteroatoms. The normalized spacial score (nSPS) is 15.3. The Balaban J connectivity index is 1.81. The highest BCUT2D eigenvalue weighted by atomic mass is 35.5. The maximum Gasteiger partial charge on any atom is 0.235 e. The number of carbonyl (C=O) groups excluding carboxylic acids is 1. The number of amides is 1. The lowest BCUT2D eigenvalue weighted by Crippen LogP contribution is -2.27. The molecule has 0 radical (unpaired) electrons. The number of methoxy groups -OCH3 is 1. The molecular weight excluding hydrogens is 286 g/mol. The Morgan fingerprint density at radius 3 is 2.38 bits per heavy atom. The Kier molecular flexibility index (Phi) is 3.60. The first-order valence-electron chi connectivity index (χ1n) is 6.86. The van der Waals surface area contributed by atoms with E-state index in [1.54, 1.807) is 13.2 Å². The summed E-state index contributed by atoms with van der Waals surface area (Å²) in [7, 11) is 1.63. The van der Waals surface area contributed by atoms with Crippen LogP contribution in [0.3, 0.4) is 0 Å². The molecule has 2 aromatic rings. The lowest BCUT2D eigenvalue weighted by Gasteiger charge is -2.16. The molecule has 1 amide bonds. The molecule has 1 aliphatic rings. The average Bonchev–Trinajstić information content (AvgIpc) is 3.31. The highest BCUT2D eigenvalue weighted by Crippen LogP contribution is 2.49. The number of ether oxygens (including phenoxy) is 1. The van der Waals surface area contributed by atoms with E-state index in [4.69, 9.17) is 16.3 Å². The molecule has 0 unspecified atom stereocenters. The Bertz CT molecular complexity index is 663. The van der Waals surface area contributed by atoms with Crippen LogP contribution in [0.15, 0.2) is 48.5 Å². The predicted octanol–water partition coefficient (Wildman–Crippen LogP) is 4.02. The molecule has 3 nitrogen and oxygen atoms in total. The zero-order valence-electron chi connectivity index (χ0n) is 11.7. The number of nitrogens with one attached hydrogen (secondary N) is 1. The first-order valence-corrected chi connectivity index (χ1v) is 7.24. The summed E-state index contributed by atoms with van der Waals surface area (Å²) in [6.45, 7) is 0. The number of carbonyl (C=O) groups is 1. The third kappa shape index (κ3) is 2.61. The van der Waals surface area contributed by atoms with Crippen molar-refractivity contribution >= 4 is 23.2 Å². The van der Waals surface area contributed by atoms with Gasteiger partial charge in [-0.05, 0) is 42.7 Å². The van der Waals surface area contributed by atoms with Crippen LogP contribution in [0.25, 0.3) is 0 Å². The van der Waals surface area contributed by atoms with E-state index < -0.39 is 5.41 Å². The van der Waals surface area contributed by atoms with Crippen molar-refractivity contribution in [2.24, 2.45) is 0 Å². The molecule has 21 heavy (non-hydrogen) atoms. The molecule has 108 valence electrons. The van der Waals surface area contributed by atoms with E-state index in [2.05, 4.69) is 5.32 Å². The summed E-state index contributed by atoms with van der Waals surface area (Å²) >= 11 is 6.09. The molecule has 0 aliphatic heterocycles. The van der Waals surface area contributed by atoms with Gasteiger partial charge in [-0.1, -0.05) is 35.9 Å². The van der Waals surface area contributed by atoms with Crippen molar-refractivity contribution in [1.29, 1.82) is 0 Å². The van der Waals surface area contributed by atoms with Gasteiger partial charge in [0, 0.05) is 0 Å². The largest absolute Gasteiger partial charge is 0.497 e. The molecule has 1 aliphatic carbocycles. The van der Waals surface area contributed by atoms with Crippen molar-refractivity contribution in [3.05, 3.63) is 59.1 Å². The fourth-order valence-corrected chi connectivity index (χ4v) is 2.67. The lowest BCUT2D eigenvalue weighted by atomic mass is 9.95. The molecular formula is C17H16ClNO2. The second-order valence-electron chi connectivity index (χ2n) is 5.24. The zero-order chi connectivity index (χ0) is 14.9. The van der Waals surface area contributed by atoms with Gasteiger partial charge in [0.1, 0.15) is 5.75 Å². The molecule has 0 heterocycles. The third-order valence-corrected chi connectivity index (χ3v) is 4.28. The predicted molar refractivity (Wildman–Crippen MR) is 84.0 cm³/mol. The number of hydrogen-bond acceptors (Lipinski definition) is 2. The summed E-state index contributed by atoms with van der Waals surface area (Å²) in [5, 5.41) is 3.49. The molecule has 1 N–H and O–H groups in total. The van der Waals surface area contributed by atoms with Crippen molar-refractivity contribution in [2.45, 2.75) is 18.3 Å². The van der Waals surface area contributed by atoms with E-state index >= 15 is 0 Å². The number of benzene rings is 2. The van der Waals surface area contributed by atoms with Crippen molar-refractivity contribution < 1.29 is 9.53 Å². The molecule has 0 saturated heterocycles. The van der Waals surface area contributed by atoms with E-state index in [1.165, 1.54) is 0 Å². The van der Waals surface area contributed by atoms with Crippen LogP contribution in [0.2, 0.25) is 5.02 Å². The SMILES string of the molecule is COc1ccc(C2(C(=O)Nc3ccccc3Cl)CC2)cc1. The maximum absolute atomic E-state index is 12.6. The van der Waals surface area contributed by atoms with Gasteiger partial charge in [-0.2, -0.15) is 0 Å². The Hall–Kier alpha value is -2.00. The van der Waals surface area contributed by atoms with Gasteiger partial charge in [-0.25, -0.2) is 0 Å². The van der Waals surface area contributed by atoms with E-state index in [-0.39, 0.29) is 5.91 Å². The van der Waals surface area contributed by atoms with E-state index in [0.717, 1.165) is 24.2 Å². The number of rotatable bonds is 4. The smallest absolute Gasteiger partial charge is 0.235 e. The van der Waals surface area contributed by atoms with Crippen LogP contribution >= 0.6 is 11.6 Å². The number of hydrogen-bond donors (Lipinski definition) is 1. The minimum Gasteiger partial charge on any atom is -0.497 e. The maximum atomic E-state index is 12.6. The first-order chi connectivity index (χ1) is 10.2. The van der Waals surface area contributed by atoms with Gasteiger partial charge < -0.3 is 10.1 Å². The fraction of sp³-hybridized carbons (Fsp3) is 0.235. The fourth-order valence-electron chi connectivity index (χ4n) is 2.49. The molecule has 0 aromatic heterocycles. The minimum absolute atomic E-state index is 0.000710.